The Labute approximate surface area is 118 Å². The van der Waals surface area contributed by atoms with Gasteiger partial charge in [-0.05, 0) is 37.8 Å². The van der Waals surface area contributed by atoms with Crippen LogP contribution in [-0.2, 0) is 16.0 Å². The van der Waals surface area contributed by atoms with E-state index in [1.165, 1.54) is 0 Å². The Morgan fingerprint density at radius 2 is 2.25 bits per heavy atom. The Bertz CT molecular complexity index is 493. The van der Waals surface area contributed by atoms with Crippen molar-refractivity contribution in [2.45, 2.75) is 44.7 Å². The second-order valence-electron chi connectivity index (χ2n) is 5.80. The van der Waals surface area contributed by atoms with Gasteiger partial charge in [0.2, 0.25) is 11.8 Å². The molecule has 2 fully saturated rings. The lowest BCUT2D eigenvalue weighted by Gasteiger charge is -2.29. The van der Waals surface area contributed by atoms with Gasteiger partial charge in [-0.1, -0.05) is 0 Å². The topological polar surface area (TPSA) is 62.6 Å². The van der Waals surface area contributed by atoms with Gasteiger partial charge in [0.15, 0.2) is 0 Å². The van der Waals surface area contributed by atoms with Gasteiger partial charge in [0, 0.05) is 25.4 Å². The Kier molecular flexibility index (Phi) is 3.51. The maximum atomic E-state index is 12.6. The molecular weight excluding hydrogens is 256 g/mol. The van der Waals surface area contributed by atoms with Crippen LogP contribution in [0.5, 0.6) is 0 Å². The summed E-state index contributed by atoms with van der Waals surface area (Å²) in [5.41, 5.74) is 0. The molecule has 2 heterocycles. The smallest absolute Gasteiger partial charge is 0.245 e. The van der Waals surface area contributed by atoms with Crippen molar-refractivity contribution in [3.05, 3.63) is 24.2 Å². The van der Waals surface area contributed by atoms with Gasteiger partial charge in [-0.15, -0.1) is 0 Å². The predicted molar refractivity (Wildman–Crippen MR) is 72.9 cm³/mol. The van der Waals surface area contributed by atoms with Crippen LogP contribution in [0.2, 0.25) is 0 Å². The number of rotatable bonds is 4. The fraction of sp³-hybridized carbons (Fsp3) is 0.600. The molecule has 0 bridgehead atoms. The number of nitrogens with one attached hydrogen (secondary N) is 1. The Balaban J connectivity index is 1.72. The van der Waals surface area contributed by atoms with Gasteiger partial charge in [0.05, 0.1) is 6.26 Å². The largest absolute Gasteiger partial charge is 0.469 e. The minimum absolute atomic E-state index is 0.0112. The van der Waals surface area contributed by atoms with Crippen LogP contribution < -0.4 is 5.32 Å². The molecule has 1 aromatic rings. The van der Waals surface area contributed by atoms with E-state index in [9.17, 15) is 9.59 Å². The lowest BCUT2D eigenvalue weighted by molar-refractivity contribution is -0.135. The summed E-state index contributed by atoms with van der Waals surface area (Å²) in [4.78, 5) is 26.2. The number of hydrogen-bond acceptors (Lipinski definition) is 3. The van der Waals surface area contributed by atoms with E-state index in [2.05, 4.69) is 5.32 Å². The second-order valence-corrected chi connectivity index (χ2v) is 5.80. The Hall–Kier alpha value is -1.78. The van der Waals surface area contributed by atoms with E-state index in [1.54, 1.807) is 6.26 Å². The number of hydrogen-bond donors (Lipinski definition) is 1. The zero-order valence-corrected chi connectivity index (χ0v) is 11.7. The Morgan fingerprint density at radius 3 is 2.90 bits per heavy atom. The molecule has 1 aromatic heterocycles. The number of carbonyl (C=O) groups excluding carboxylic acids is 2. The summed E-state index contributed by atoms with van der Waals surface area (Å²) in [6.07, 6.45) is 4.79. The van der Waals surface area contributed by atoms with Crippen LogP contribution in [0.15, 0.2) is 22.8 Å². The normalized spacial score (nSPS) is 25.2. The summed E-state index contributed by atoms with van der Waals surface area (Å²) >= 11 is 0. The first-order valence-corrected chi connectivity index (χ1v) is 7.27. The molecule has 3 rings (SSSR count). The monoisotopic (exact) mass is 276 g/mol. The highest BCUT2D eigenvalue weighted by molar-refractivity contribution is 5.90. The average Bonchev–Trinajstić information content (AvgIpc) is 3.15. The van der Waals surface area contributed by atoms with Crippen molar-refractivity contribution >= 4 is 11.8 Å². The number of furan rings is 1. The molecule has 2 unspecified atom stereocenters. The molecule has 0 radical (unpaired) electrons. The van der Waals surface area contributed by atoms with Gasteiger partial charge < -0.3 is 14.6 Å². The van der Waals surface area contributed by atoms with Crippen LogP contribution in [0, 0.1) is 5.92 Å². The van der Waals surface area contributed by atoms with Crippen LogP contribution in [0.4, 0.5) is 0 Å². The van der Waals surface area contributed by atoms with Crippen molar-refractivity contribution in [3.8, 4) is 0 Å². The van der Waals surface area contributed by atoms with Crippen LogP contribution >= 0.6 is 0 Å². The second kappa shape index (κ2) is 5.31. The molecule has 5 nitrogen and oxygen atoms in total. The summed E-state index contributed by atoms with van der Waals surface area (Å²) < 4.78 is 5.35. The first-order valence-electron chi connectivity index (χ1n) is 7.27. The first kappa shape index (κ1) is 13.2. The predicted octanol–water partition coefficient (Wildman–Crippen LogP) is 1.34. The molecule has 2 amide bonds. The van der Waals surface area contributed by atoms with E-state index in [0.29, 0.717) is 25.3 Å². The minimum atomic E-state index is -0.316. The summed E-state index contributed by atoms with van der Waals surface area (Å²) in [5.74, 6) is 1.26. The van der Waals surface area contributed by atoms with E-state index in [1.807, 2.05) is 24.0 Å². The summed E-state index contributed by atoms with van der Waals surface area (Å²) in [5, 5.41) is 2.88. The van der Waals surface area contributed by atoms with Crippen molar-refractivity contribution in [3.63, 3.8) is 0 Å². The molecule has 1 saturated heterocycles. The Morgan fingerprint density at radius 1 is 1.45 bits per heavy atom. The van der Waals surface area contributed by atoms with Crippen LogP contribution in [0.1, 0.15) is 31.9 Å². The van der Waals surface area contributed by atoms with Gasteiger partial charge in [0.1, 0.15) is 11.8 Å². The lowest BCUT2D eigenvalue weighted by Crippen LogP contribution is -2.49. The molecule has 1 aliphatic heterocycles. The fourth-order valence-corrected chi connectivity index (χ4v) is 2.83. The van der Waals surface area contributed by atoms with E-state index in [-0.39, 0.29) is 23.9 Å². The summed E-state index contributed by atoms with van der Waals surface area (Å²) in [6, 6.07) is 3.50. The van der Waals surface area contributed by atoms with Crippen LogP contribution in [-0.4, -0.2) is 35.3 Å². The van der Waals surface area contributed by atoms with Gasteiger partial charge in [-0.2, -0.15) is 0 Å². The molecule has 1 saturated carbocycles. The number of carbonyl (C=O) groups is 2. The molecule has 0 aromatic carbocycles. The molecule has 5 heteroatoms. The third kappa shape index (κ3) is 2.71. The third-order valence-corrected chi connectivity index (χ3v) is 4.15. The van der Waals surface area contributed by atoms with Gasteiger partial charge >= 0.3 is 0 Å². The highest BCUT2D eigenvalue weighted by Crippen LogP contribution is 2.34. The van der Waals surface area contributed by atoms with Gasteiger partial charge in [0.25, 0.3) is 0 Å². The van der Waals surface area contributed by atoms with Crippen LogP contribution in [0.25, 0.3) is 0 Å². The third-order valence-electron chi connectivity index (χ3n) is 4.15. The van der Waals surface area contributed by atoms with Crippen molar-refractivity contribution in [2.75, 3.05) is 6.54 Å². The molecule has 2 aliphatic rings. The molecule has 2 atom stereocenters. The molecule has 1 N–H and O–H groups in total. The number of nitrogens with zero attached hydrogens (tertiary/aromatic N) is 1. The van der Waals surface area contributed by atoms with Gasteiger partial charge in [-0.25, -0.2) is 0 Å². The molecule has 20 heavy (non-hydrogen) atoms. The van der Waals surface area contributed by atoms with Crippen molar-refractivity contribution < 1.29 is 14.0 Å². The van der Waals surface area contributed by atoms with E-state index < -0.39 is 0 Å². The molecule has 0 spiro atoms. The quantitative estimate of drug-likeness (QED) is 0.902. The van der Waals surface area contributed by atoms with Crippen LogP contribution in [0.3, 0.4) is 0 Å². The molecule has 1 aliphatic carbocycles. The SMILES string of the molecule is CC(Cc1ccco1)N1CCC(=O)NC(C2CC2)C1=O. The molecular formula is C15H20N2O3. The van der Waals surface area contributed by atoms with E-state index >= 15 is 0 Å². The lowest BCUT2D eigenvalue weighted by atomic mass is 10.1. The first-order chi connectivity index (χ1) is 9.65. The minimum Gasteiger partial charge on any atom is -0.469 e. The van der Waals surface area contributed by atoms with Gasteiger partial charge in [-0.3, -0.25) is 9.59 Å². The maximum Gasteiger partial charge on any atom is 0.245 e. The van der Waals surface area contributed by atoms with E-state index in [0.717, 1.165) is 18.6 Å². The molecule has 108 valence electrons. The fourth-order valence-electron chi connectivity index (χ4n) is 2.83. The van der Waals surface area contributed by atoms with Crippen molar-refractivity contribution in [1.29, 1.82) is 0 Å². The zero-order chi connectivity index (χ0) is 14.1. The zero-order valence-electron chi connectivity index (χ0n) is 11.7. The van der Waals surface area contributed by atoms with E-state index in [4.69, 9.17) is 4.42 Å². The maximum absolute atomic E-state index is 12.6. The summed E-state index contributed by atoms with van der Waals surface area (Å²) in [7, 11) is 0. The van der Waals surface area contributed by atoms with Crippen molar-refractivity contribution in [1.82, 2.24) is 10.2 Å². The van der Waals surface area contributed by atoms with Crippen molar-refractivity contribution in [2.24, 2.45) is 5.92 Å². The standard InChI is InChI=1S/C15H20N2O3/c1-10(9-12-3-2-8-20-12)17-7-6-13(18)16-14(15(17)19)11-4-5-11/h2-3,8,10-11,14H,4-7,9H2,1H3,(H,16,18). The highest BCUT2D eigenvalue weighted by atomic mass is 16.3. The number of amides is 2. The average molecular weight is 276 g/mol. The summed E-state index contributed by atoms with van der Waals surface area (Å²) in [6.45, 7) is 2.51. The highest BCUT2D eigenvalue weighted by Gasteiger charge is 2.41.